The molecule has 0 atom stereocenters. The van der Waals surface area contributed by atoms with Gasteiger partial charge >= 0.3 is 0 Å². The lowest BCUT2D eigenvalue weighted by Crippen LogP contribution is -1.81. The molecule has 8 heteroatoms. The normalized spacial score (nSPS) is 8.00. The van der Waals surface area contributed by atoms with Crippen molar-refractivity contribution in [2.24, 2.45) is 0 Å². The first kappa shape index (κ1) is 7.12. The van der Waals surface area contributed by atoms with Crippen molar-refractivity contribution in [1.82, 2.24) is 41.0 Å². The van der Waals surface area contributed by atoms with Gasteiger partial charge in [-0.1, -0.05) is 5.21 Å². The molecule has 0 fully saturated rings. The molecule has 11 heavy (non-hydrogen) atoms. The number of hydrogen-bond acceptors (Lipinski definition) is 7. The van der Waals surface area contributed by atoms with Crippen molar-refractivity contribution in [2.75, 3.05) is 0 Å². The lowest BCUT2D eigenvalue weighted by Gasteiger charge is -1.68. The average Bonchev–Trinajstić information content (AvgIpc) is 2.64. The van der Waals surface area contributed by atoms with Crippen LogP contribution >= 0.6 is 0 Å². The molecule has 0 aliphatic heterocycles. The summed E-state index contributed by atoms with van der Waals surface area (Å²) in [6.07, 6.45) is 3.89. The SMILES string of the molecule is c1nn[nH]n1.c1nncnn1. The Bertz CT molecular complexity index is 195. The molecule has 2 aromatic heterocycles. The van der Waals surface area contributed by atoms with Gasteiger partial charge in [-0.2, -0.15) is 5.21 Å². The molecular weight excluding hydrogens is 148 g/mol. The Morgan fingerprint density at radius 3 is 1.55 bits per heavy atom. The highest BCUT2D eigenvalue weighted by Crippen LogP contribution is 1.50. The Morgan fingerprint density at radius 1 is 0.727 bits per heavy atom. The van der Waals surface area contributed by atoms with Crippen molar-refractivity contribution in [3.05, 3.63) is 19.0 Å². The molecule has 2 heterocycles. The first-order valence-corrected chi connectivity index (χ1v) is 2.60. The van der Waals surface area contributed by atoms with Gasteiger partial charge in [-0.3, -0.25) is 0 Å². The molecule has 0 aromatic carbocycles. The number of rotatable bonds is 0. The summed E-state index contributed by atoms with van der Waals surface area (Å²) in [5.74, 6) is 0. The highest BCUT2D eigenvalue weighted by molar-refractivity contribution is 4.35. The van der Waals surface area contributed by atoms with Crippen molar-refractivity contribution in [1.29, 1.82) is 0 Å². The van der Waals surface area contributed by atoms with E-state index in [9.17, 15) is 0 Å². The Labute approximate surface area is 61.1 Å². The van der Waals surface area contributed by atoms with E-state index < -0.39 is 0 Å². The summed E-state index contributed by atoms with van der Waals surface area (Å²) in [7, 11) is 0. The van der Waals surface area contributed by atoms with Crippen molar-refractivity contribution < 1.29 is 0 Å². The molecule has 0 aliphatic rings. The second-order valence-electron chi connectivity index (χ2n) is 1.25. The molecule has 0 spiro atoms. The summed E-state index contributed by atoms with van der Waals surface area (Å²) in [6.45, 7) is 0. The lowest BCUT2D eigenvalue weighted by atomic mass is 11.3. The Kier molecular flexibility index (Phi) is 3.14. The fraction of sp³-hybridized carbons (Fsp3) is 0. The standard InChI is InChI=1S/C2H2N4.CH2N4/c1-3-5-2-6-4-1;1-2-4-5-3-1/h1-2H;1H,(H,2,3,4,5). The van der Waals surface area contributed by atoms with Gasteiger partial charge in [0.1, 0.15) is 0 Å². The molecule has 2 aromatic rings. The summed E-state index contributed by atoms with van der Waals surface area (Å²) < 4.78 is 0. The first-order valence-electron chi connectivity index (χ1n) is 2.60. The summed E-state index contributed by atoms with van der Waals surface area (Å²) in [4.78, 5) is 0. The van der Waals surface area contributed by atoms with Crippen LogP contribution in [0.15, 0.2) is 19.0 Å². The Morgan fingerprint density at radius 2 is 1.36 bits per heavy atom. The third kappa shape index (κ3) is 3.56. The number of tetrazole rings is 1. The van der Waals surface area contributed by atoms with Crippen molar-refractivity contribution in [3.63, 3.8) is 0 Å². The Balaban J connectivity index is 0.000000112. The van der Waals surface area contributed by atoms with E-state index in [-0.39, 0.29) is 0 Å². The van der Waals surface area contributed by atoms with Crippen LogP contribution in [-0.4, -0.2) is 41.0 Å². The molecule has 2 rings (SSSR count). The van der Waals surface area contributed by atoms with E-state index in [2.05, 4.69) is 41.0 Å². The minimum atomic E-state index is 1.28. The number of aromatic nitrogens is 8. The van der Waals surface area contributed by atoms with Crippen LogP contribution < -0.4 is 0 Å². The maximum absolute atomic E-state index is 3.38. The van der Waals surface area contributed by atoms with Crippen LogP contribution in [0.3, 0.4) is 0 Å². The van der Waals surface area contributed by atoms with E-state index in [1.54, 1.807) is 0 Å². The summed E-state index contributed by atoms with van der Waals surface area (Å²) >= 11 is 0. The third-order valence-electron chi connectivity index (χ3n) is 0.609. The van der Waals surface area contributed by atoms with Crippen LogP contribution in [-0.2, 0) is 0 Å². The van der Waals surface area contributed by atoms with Crippen molar-refractivity contribution in [3.8, 4) is 0 Å². The van der Waals surface area contributed by atoms with E-state index in [4.69, 9.17) is 0 Å². The minimum Gasteiger partial charge on any atom is -0.177 e. The second kappa shape index (κ2) is 4.85. The second-order valence-corrected chi connectivity index (χ2v) is 1.25. The van der Waals surface area contributed by atoms with Crippen LogP contribution in [0, 0.1) is 0 Å². The molecule has 1 N–H and O–H groups in total. The zero-order valence-corrected chi connectivity index (χ0v) is 5.36. The predicted molar refractivity (Wildman–Crippen MR) is 31.8 cm³/mol. The van der Waals surface area contributed by atoms with Gasteiger partial charge in [0.15, 0.2) is 19.0 Å². The summed E-state index contributed by atoms with van der Waals surface area (Å²) in [5.41, 5.74) is 0. The lowest BCUT2D eigenvalue weighted by molar-refractivity contribution is 0.853. The van der Waals surface area contributed by atoms with Crippen LogP contribution in [0.1, 0.15) is 0 Å². The molecule has 0 radical (unpaired) electrons. The third-order valence-corrected chi connectivity index (χ3v) is 0.609. The van der Waals surface area contributed by atoms with Gasteiger partial charge in [0, 0.05) is 0 Å². The average molecular weight is 152 g/mol. The number of aromatic amines is 1. The van der Waals surface area contributed by atoms with Crippen LogP contribution in [0.2, 0.25) is 0 Å². The zero-order chi connectivity index (χ0) is 7.78. The van der Waals surface area contributed by atoms with E-state index in [0.29, 0.717) is 0 Å². The molecule has 0 aliphatic carbocycles. The fourth-order valence-corrected chi connectivity index (χ4v) is 0.295. The van der Waals surface area contributed by atoms with E-state index in [1.807, 2.05) is 0 Å². The molecule has 0 saturated heterocycles. The van der Waals surface area contributed by atoms with Crippen LogP contribution in [0.25, 0.3) is 0 Å². The van der Waals surface area contributed by atoms with Gasteiger partial charge in [-0.25, -0.2) is 0 Å². The molecule has 0 unspecified atom stereocenters. The number of hydrogen-bond donors (Lipinski definition) is 1. The fourth-order valence-electron chi connectivity index (χ4n) is 0.295. The summed E-state index contributed by atoms with van der Waals surface area (Å²) in [5, 5.41) is 25.6. The smallest absolute Gasteiger partial charge is 0.161 e. The largest absolute Gasteiger partial charge is 0.177 e. The van der Waals surface area contributed by atoms with Crippen molar-refractivity contribution >= 4 is 0 Å². The molecule has 0 amide bonds. The molecule has 0 saturated carbocycles. The Hall–Kier alpha value is -1.99. The maximum Gasteiger partial charge on any atom is 0.161 e. The minimum absolute atomic E-state index is 1.28. The van der Waals surface area contributed by atoms with Gasteiger partial charge < -0.3 is 0 Å². The molecular formula is C3H4N8. The quantitative estimate of drug-likeness (QED) is 0.487. The topological polar surface area (TPSA) is 106 Å². The van der Waals surface area contributed by atoms with E-state index >= 15 is 0 Å². The number of nitrogens with zero attached hydrogens (tertiary/aromatic N) is 7. The van der Waals surface area contributed by atoms with E-state index in [1.165, 1.54) is 19.0 Å². The summed E-state index contributed by atoms with van der Waals surface area (Å²) in [6, 6.07) is 0. The maximum atomic E-state index is 3.38. The monoisotopic (exact) mass is 152 g/mol. The van der Waals surface area contributed by atoms with Gasteiger partial charge in [0.05, 0.1) is 0 Å². The van der Waals surface area contributed by atoms with Crippen LogP contribution in [0.4, 0.5) is 0 Å². The van der Waals surface area contributed by atoms with Gasteiger partial charge in [-0.15, -0.1) is 30.6 Å². The van der Waals surface area contributed by atoms with Gasteiger partial charge in [0.25, 0.3) is 0 Å². The van der Waals surface area contributed by atoms with E-state index in [0.717, 1.165) is 0 Å². The van der Waals surface area contributed by atoms with Gasteiger partial charge in [0.2, 0.25) is 0 Å². The first-order chi connectivity index (χ1) is 5.50. The highest BCUT2D eigenvalue weighted by atomic mass is 15.5. The van der Waals surface area contributed by atoms with Crippen molar-refractivity contribution in [2.45, 2.75) is 0 Å². The molecule has 8 nitrogen and oxygen atoms in total. The molecule has 56 valence electrons. The highest BCUT2D eigenvalue weighted by Gasteiger charge is 1.61. The van der Waals surface area contributed by atoms with Crippen LogP contribution in [0.5, 0.6) is 0 Å². The van der Waals surface area contributed by atoms with Gasteiger partial charge in [-0.05, 0) is 0 Å². The number of H-pyrrole nitrogens is 1. The predicted octanol–water partition coefficient (Wildman–Crippen LogP) is -1.53. The number of nitrogens with one attached hydrogen (secondary N) is 1. The molecule has 0 bridgehead atoms. The zero-order valence-electron chi connectivity index (χ0n) is 5.36.